The molecule has 1 aromatic carbocycles. The van der Waals surface area contributed by atoms with Crippen molar-refractivity contribution in [3.05, 3.63) is 35.4 Å². The molecule has 0 spiro atoms. The highest BCUT2D eigenvalue weighted by Gasteiger charge is 2.08. The summed E-state index contributed by atoms with van der Waals surface area (Å²) in [6, 6.07) is 2.98. The fraction of sp³-hybridized carbons (Fsp3) is 0.533. The third-order valence-corrected chi connectivity index (χ3v) is 2.94. The molecule has 0 fully saturated rings. The van der Waals surface area contributed by atoms with Gasteiger partial charge in [-0.1, -0.05) is 39.0 Å². The van der Waals surface area contributed by atoms with Gasteiger partial charge in [-0.3, -0.25) is 4.79 Å². The molecule has 0 atom stereocenters. The first kappa shape index (κ1) is 14.8. The molecular formula is C15H20F2O. The van der Waals surface area contributed by atoms with E-state index >= 15 is 0 Å². The SMILES string of the molecule is CCCCCCCCC(=O)c1cc(F)cc(F)c1. The average Bonchev–Trinajstić information content (AvgIpc) is 2.32. The van der Waals surface area contributed by atoms with Crippen molar-refractivity contribution in [1.82, 2.24) is 0 Å². The molecule has 0 bridgehead atoms. The lowest BCUT2D eigenvalue weighted by molar-refractivity contribution is 0.0978. The van der Waals surface area contributed by atoms with Gasteiger partial charge in [0.15, 0.2) is 5.78 Å². The molecule has 0 heterocycles. The van der Waals surface area contributed by atoms with Gasteiger partial charge in [-0.05, 0) is 18.6 Å². The van der Waals surface area contributed by atoms with Crippen LogP contribution in [-0.4, -0.2) is 5.78 Å². The van der Waals surface area contributed by atoms with Crippen LogP contribution in [0.15, 0.2) is 18.2 Å². The third-order valence-electron chi connectivity index (χ3n) is 2.94. The van der Waals surface area contributed by atoms with Gasteiger partial charge in [0.1, 0.15) is 11.6 Å². The van der Waals surface area contributed by atoms with E-state index in [9.17, 15) is 13.6 Å². The Morgan fingerprint density at radius 3 is 2.11 bits per heavy atom. The average molecular weight is 254 g/mol. The van der Waals surface area contributed by atoms with E-state index in [1.54, 1.807) is 0 Å². The lowest BCUT2D eigenvalue weighted by atomic mass is 10.0. The van der Waals surface area contributed by atoms with Gasteiger partial charge in [0.05, 0.1) is 0 Å². The van der Waals surface area contributed by atoms with Crippen LogP contribution in [0, 0.1) is 11.6 Å². The standard InChI is InChI=1S/C15H20F2O/c1-2-3-4-5-6-7-8-15(18)12-9-13(16)11-14(17)10-12/h9-11H,2-8H2,1H3. The van der Waals surface area contributed by atoms with Crippen molar-refractivity contribution in [3.63, 3.8) is 0 Å². The molecule has 1 nitrogen and oxygen atoms in total. The van der Waals surface area contributed by atoms with E-state index in [1.165, 1.54) is 19.3 Å². The summed E-state index contributed by atoms with van der Waals surface area (Å²) in [6.07, 6.45) is 6.90. The van der Waals surface area contributed by atoms with Crippen molar-refractivity contribution in [3.8, 4) is 0 Å². The molecule has 0 aromatic heterocycles. The molecule has 1 aromatic rings. The Hall–Kier alpha value is -1.25. The third kappa shape index (κ3) is 5.39. The van der Waals surface area contributed by atoms with Gasteiger partial charge in [-0.25, -0.2) is 8.78 Å². The number of carbonyl (C=O) groups is 1. The molecular weight excluding hydrogens is 234 g/mol. The molecule has 0 N–H and O–H groups in total. The maximum atomic E-state index is 12.9. The first-order valence-corrected chi connectivity index (χ1v) is 6.62. The van der Waals surface area contributed by atoms with E-state index in [0.717, 1.165) is 37.5 Å². The first-order valence-electron chi connectivity index (χ1n) is 6.62. The smallest absolute Gasteiger partial charge is 0.163 e. The molecule has 18 heavy (non-hydrogen) atoms. The van der Waals surface area contributed by atoms with Crippen LogP contribution in [0.3, 0.4) is 0 Å². The zero-order valence-electron chi connectivity index (χ0n) is 10.8. The number of benzene rings is 1. The normalized spacial score (nSPS) is 10.6. The van der Waals surface area contributed by atoms with Gasteiger partial charge in [0.2, 0.25) is 0 Å². The fourth-order valence-electron chi connectivity index (χ4n) is 1.93. The number of hydrogen-bond donors (Lipinski definition) is 0. The lowest BCUT2D eigenvalue weighted by Crippen LogP contribution is -2.00. The second kappa shape index (κ2) is 7.96. The van der Waals surface area contributed by atoms with E-state index in [2.05, 4.69) is 6.92 Å². The van der Waals surface area contributed by atoms with E-state index in [0.29, 0.717) is 6.42 Å². The van der Waals surface area contributed by atoms with Gasteiger partial charge >= 0.3 is 0 Å². The van der Waals surface area contributed by atoms with Crippen LogP contribution < -0.4 is 0 Å². The highest BCUT2D eigenvalue weighted by Crippen LogP contribution is 2.13. The number of Topliss-reactive ketones (excluding diaryl/α,β-unsaturated/α-hetero) is 1. The minimum absolute atomic E-state index is 0.140. The number of ketones is 1. The van der Waals surface area contributed by atoms with E-state index < -0.39 is 11.6 Å². The van der Waals surface area contributed by atoms with Crippen LogP contribution in [0.2, 0.25) is 0 Å². The summed E-state index contributed by atoms with van der Waals surface area (Å²) in [7, 11) is 0. The summed E-state index contributed by atoms with van der Waals surface area (Å²) < 4.78 is 25.8. The Morgan fingerprint density at radius 2 is 1.50 bits per heavy atom. The lowest BCUT2D eigenvalue weighted by Gasteiger charge is -2.02. The summed E-state index contributed by atoms with van der Waals surface area (Å²) in [4.78, 5) is 11.7. The summed E-state index contributed by atoms with van der Waals surface area (Å²) in [5.41, 5.74) is 0.140. The van der Waals surface area contributed by atoms with Gasteiger partial charge in [0.25, 0.3) is 0 Å². The number of unbranched alkanes of at least 4 members (excludes halogenated alkanes) is 5. The van der Waals surface area contributed by atoms with Crippen LogP contribution in [0.5, 0.6) is 0 Å². The van der Waals surface area contributed by atoms with E-state index in [-0.39, 0.29) is 11.3 Å². The largest absolute Gasteiger partial charge is 0.294 e. The van der Waals surface area contributed by atoms with E-state index in [1.807, 2.05) is 0 Å². The van der Waals surface area contributed by atoms with Crippen LogP contribution >= 0.6 is 0 Å². The van der Waals surface area contributed by atoms with Gasteiger partial charge < -0.3 is 0 Å². The van der Waals surface area contributed by atoms with Gasteiger partial charge in [0, 0.05) is 18.1 Å². The molecule has 0 aliphatic heterocycles. The van der Waals surface area contributed by atoms with Crippen molar-refractivity contribution >= 4 is 5.78 Å². The maximum Gasteiger partial charge on any atom is 0.163 e. The number of rotatable bonds is 8. The molecule has 0 radical (unpaired) electrons. The molecule has 0 amide bonds. The van der Waals surface area contributed by atoms with Gasteiger partial charge in [-0.15, -0.1) is 0 Å². The minimum atomic E-state index is -0.693. The quantitative estimate of drug-likeness (QED) is 0.476. The number of hydrogen-bond acceptors (Lipinski definition) is 1. The Bertz CT molecular complexity index is 368. The molecule has 0 saturated heterocycles. The van der Waals surface area contributed by atoms with Crippen molar-refractivity contribution in [2.45, 2.75) is 51.9 Å². The molecule has 0 unspecified atom stereocenters. The Labute approximate surface area is 107 Å². The molecule has 0 saturated carbocycles. The Balaban J connectivity index is 2.32. The molecule has 0 aliphatic rings. The summed E-state index contributed by atoms with van der Waals surface area (Å²) in [5, 5.41) is 0. The highest BCUT2D eigenvalue weighted by atomic mass is 19.1. The van der Waals surface area contributed by atoms with Crippen LogP contribution in [0.1, 0.15) is 62.2 Å². The highest BCUT2D eigenvalue weighted by molar-refractivity contribution is 5.96. The van der Waals surface area contributed by atoms with Crippen molar-refractivity contribution in [2.75, 3.05) is 0 Å². The monoisotopic (exact) mass is 254 g/mol. The summed E-state index contributed by atoms with van der Waals surface area (Å²) in [5.74, 6) is -1.56. The summed E-state index contributed by atoms with van der Waals surface area (Å²) in [6.45, 7) is 2.15. The van der Waals surface area contributed by atoms with E-state index in [4.69, 9.17) is 0 Å². The Morgan fingerprint density at radius 1 is 0.944 bits per heavy atom. The van der Waals surface area contributed by atoms with Crippen LogP contribution in [0.4, 0.5) is 8.78 Å². The predicted octanol–water partition coefficient (Wildman–Crippen LogP) is 4.90. The van der Waals surface area contributed by atoms with Crippen molar-refractivity contribution in [1.29, 1.82) is 0 Å². The molecule has 3 heteroatoms. The topological polar surface area (TPSA) is 17.1 Å². The Kier molecular flexibility index (Phi) is 6.55. The second-order valence-electron chi connectivity index (χ2n) is 4.60. The predicted molar refractivity (Wildman–Crippen MR) is 68.7 cm³/mol. The fourth-order valence-corrected chi connectivity index (χ4v) is 1.93. The molecule has 0 aliphatic carbocycles. The van der Waals surface area contributed by atoms with Gasteiger partial charge in [-0.2, -0.15) is 0 Å². The molecule has 100 valence electrons. The maximum absolute atomic E-state index is 12.9. The van der Waals surface area contributed by atoms with Crippen molar-refractivity contribution in [2.24, 2.45) is 0 Å². The second-order valence-corrected chi connectivity index (χ2v) is 4.60. The summed E-state index contributed by atoms with van der Waals surface area (Å²) >= 11 is 0. The molecule has 1 rings (SSSR count). The zero-order valence-corrected chi connectivity index (χ0v) is 10.8. The first-order chi connectivity index (χ1) is 8.63. The number of carbonyl (C=O) groups excluding carboxylic acids is 1. The minimum Gasteiger partial charge on any atom is -0.294 e. The van der Waals surface area contributed by atoms with Crippen LogP contribution in [0.25, 0.3) is 0 Å². The van der Waals surface area contributed by atoms with Crippen molar-refractivity contribution < 1.29 is 13.6 Å². The number of halogens is 2. The van der Waals surface area contributed by atoms with Crippen LogP contribution in [-0.2, 0) is 0 Å². The zero-order chi connectivity index (χ0) is 13.4.